The van der Waals surface area contributed by atoms with Crippen molar-refractivity contribution in [2.24, 2.45) is 5.92 Å². The van der Waals surface area contributed by atoms with Gasteiger partial charge in [0.05, 0.1) is 5.56 Å². The fourth-order valence-corrected chi connectivity index (χ4v) is 3.02. The summed E-state index contributed by atoms with van der Waals surface area (Å²) in [6.45, 7) is 3.78. The summed E-state index contributed by atoms with van der Waals surface area (Å²) in [7, 11) is 3.82. The summed E-state index contributed by atoms with van der Waals surface area (Å²) in [5.74, 6) is -0.216. The number of nitrogens with zero attached hydrogens (tertiary/aromatic N) is 1. The van der Waals surface area contributed by atoms with Crippen LogP contribution in [0.25, 0.3) is 0 Å². The molecule has 24 heavy (non-hydrogen) atoms. The maximum absolute atomic E-state index is 12.3. The van der Waals surface area contributed by atoms with Gasteiger partial charge in [-0.3, -0.25) is 4.79 Å². The Morgan fingerprint density at radius 1 is 1.25 bits per heavy atom. The van der Waals surface area contributed by atoms with Gasteiger partial charge in [0.15, 0.2) is 6.10 Å². The SMILES string of the molecule is CC(OC(=O)c1cccc(N(C)C)c1)C(=O)NC1CCCCC1C. The predicted molar refractivity (Wildman–Crippen MR) is 95.2 cm³/mol. The van der Waals surface area contributed by atoms with E-state index in [9.17, 15) is 9.59 Å². The first-order valence-corrected chi connectivity index (χ1v) is 8.67. The smallest absolute Gasteiger partial charge is 0.338 e. The van der Waals surface area contributed by atoms with E-state index in [2.05, 4.69) is 12.2 Å². The number of amides is 1. The van der Waals surface area contributed by atoms with E-state index in [1.807, 2.05) is 25.1 Å². The maximum atomic E-state index is 12.3. The van der Waals surface area contributed by atoms with Gasteiger partial charge < -0.3 is 15.0 Å². The molecule has 3 atom stereocenters. The molecule has 1 aliphatic rings. The fraction of sp³-hybridized carbons (Fsp3) is 0.579. The number of esters is 1. The van der Waals surface area contributed by atoms with Gasteiger partial charge in [0.25, 0.3) is 5.91 Å². The Morgan fingerprint density at radius 2 is 1.96 bits per heavy atom. The molecule has 1 amide bonds. The summed E-state index contributed by atoms with van der Waals surface area (Å²) >= 11 is 0. The van der Waals surface area contributed by atoms with Crippen LogP contribution in [0.1, 0.15) is 49.9 Å². The average molecular weight is 332 g/mol. The molecule has 0 aromatic heterocycles. The molecule has 2 rings (SSSR count). The summed E-state index contributed by atoms with van der Waals surface area (Å²) in [4.78, 5) is 26.5. The number of hydrogen-bond donors (Lipinski definition) is 1. The van der Waals surface area contributed by atoms with Gasteiger partial charge in [-0.05, 0) is 43.9 Å². The summed E-state index contributed by atoms with van der Waals surface area (Å²) < 4.78 is 5.34. The van der Waals surface area contributed by atoms with Crippen LogP contribution in [0.15, 0.2) is 24.3 Å². The van der Waals surface area contributed by atoms with Gasteiger partial charge in [-0.2, -0.15) is 0 Å². The zero-order valence-electron chi connectivity index (χ0n) is 15.0. The molecule has 0 aliphatic heterocycles. The van der Waals surface area contributed by atoms with Crippen molar-refractivity contribution >= 4 is 17.6 Å². The average Bonchev–Trinajstić information content (AvgIpc) is 2.56. The molecule has 0 radical (unpaired) electrons. The maximum Gasteiger partial charge on any atom is 0.338 e. The topological polar surface area (TPSA) is 58.6 Å². The van der Waals surface area contributed by atoms with Crippen molar-refractivity contribution in [3.8, 4) is 0 Å². The zero-order chi connectivity index (χ0) is 17.7. The van der Waals surface area contributed by atoms with E-state index in [1.54, 1.807) is 25.1 Å². The quantitative estimate of drug-likeness (QED) is 0.842. The molecular formula is C19H28N2O3. The zero-order valence-corrected chi connectivity index (χ0v) is 15.0. The highest BCUT2D eigenvalue weighted by Gasteiger charge is 2.26. The van der Waals surface area contributed by atoms with Crippen molar-refractivity contribution in [2.75, 3.05) is 19.0 Å². The van der Waals surface area contributed by atoms with Gasteiger partial charge in [-0.25, -0.2) is 4.79 Å². The van der Waals surface area contributed by atoms with Crippen LogP contribution in [0.3, 0.4) is 0 Å². The van der Waals surface area contributed by atoms with Crippen LogP contribution < -0.4 is 10.2 Å². The standard InChI is InChI=1S/C19H28N2O3/c1-13-8-5-6-11-17(13)20-18(22)14(2)24-19(23)15-9-7-10-16(12-15)21(3)4/h7,9-10,12-14,17H,5-6,8,11H2,1-4H3,(H,20,22). The summed E-state index contributed by atoms with van der Waals surface area (Å²) in [5, 5.41) is 3.03. The van der Waals surface area contributed by atoms with E-state index in [4.69, 9.17) is 4.74 Å². The van der Waals surface area contributed by atoms with Gasteiger partial charge in [0.2, 0.25) is 0 Å². The van der Waals surface area contributed by atoms with Crippen LogP contribution in [0.4, 0.5) is 5.69 Å². The van der Waals surface area contributed by atoms with Crippen LogP contribution >= 0.6 is 0 Å². The van der Waals surface area contributed by atoms with E-state index in [0.29, 0.717) is 11.5 Å². The van der Waals surface area contributed by atoms with Gasteiger partial charge in [-0.15, -0.1) is 0 Å². The minimum atomic E-state index is -0.797. The molecule has 132 valence electrons. The second-order valence-electron chi connectivity index (χ2n) is 6.87. The van der Waals surface area contributed by atoms with E-state index in [-0.39, 0.29) is 11.9 Å². The Bertz CT molecular complexity index is 586. The molecule has 0 bridgehead atoms. The lowest BCUT2D eigenvalue weighted by Gasteiger charge is -2.30. The Morgan fingerprint density at radius 3 is 2.62 bits per heavy atom. The van der Waals surface area contributed by atoms with E-state index >= 15 is 0 Å². The number of benzene rings is 1. The molecule has 0 saturated heterocycles. The largest absolute Gasteiger partial charge is 0.449 e. The third kappa shape index (κ3) is 4.73. The number of hydrogen-bond acceptors (Lipinski definition) is 4. The number of rotatable bonds is 5. The Labute approximate surface area is 144 Å². The molecule has 5 heteroatoms. The van der Waals surface area contributed by atoms with Crippen LogP contribution in [-0.2, 0) is 9.53 Å². The van der Waals surface area contributed by atoms with Gasteiger partial charge in [0.1, 0.15) is 0 Å². The minimum Gasteiger partial charge on any atom is -0.449 e. The monoisotopic (exact) mass is 332 g/mol. The number of anilines is 1. The first-order chi connectivity index (χ1) is 11.4. The molecule has 1 aromatic rings. The highest BCUT2D eigenvalue weighted by Crippen LogP contribution is 2.24. The number of carbonyl (C=O) groups excluding carboxylic acids is 2. The van der Waals surface area contributed by atoms with Crippen molar-refractivity contribution in [1.29, 1.82) is 0 Å². The molecule has 5 nitrogen and oxygen atoms in total. The summed E-state index contributed by atoms with van der Waals surface area (Å²) in [6, 6.07) is 7.36. The van der Waals surface area contributed by atoms with E-state index < -0.39 is 12.1 Å². The highest BCUT2D eigenvalue weighted by molar-refractivity contribution is 5.93. The molecule has 3 unspecified atom stereocenters. The van der Waals surface area contributed by atoms with Gasteiger partial charge in [-0.1, -0.05) is 25.8 Å². The molecule has 0 heterocycles. The van der Waals surface area contributed by atoms with Gasteiger partial charge >= 0.3 is 5.97 Å². The summed E-state index contributed by atoms with van der Waals surface area (Å²) in [6.07, 6.45) is 3.70. The molecule has 1 fully saturated rings. The fourth-order valence-electron chi connectivity index (χ4n) is 3.02. The van der Waals surface area contributed by atoms with Crippen LogP contribution in [-0.4, -0.2) is 38.1 Å². The Kier molecular flexibility index (Phi) is 6.23. The number of nitrogens with one attached hydrogen (secondary N) is 1. The van der Waals surface area contributed by atoms with Crippen molar-refractivity contribution in [3.05, 3.63) is 29.8 Å². The first kappa shape index (κ1) is 18.3. The van der Waals surface area contributed by atoms with Crippen molar-refractivity contribution in [1.82, 2.24) is 5.32 Å². The summed E-state index contributed by atoms with van der Waals surface area (Å²) in [5.41, 5.74) is 1.37. The van der Waals surface area contributed by atoms with Gasteiger partial charge in [0, 0.05) is 25.8 Å². The van der Waals surface area contributed by atoms with Crippen molar-refractivity contribution < 1.29 is 14.3 Å². The third-order valence-corrected chi connectivity index (χ3v) is 4.69. The molecule has 1 aromatic carbocycles. The van der Waals surface area contributed by atoms with E-state index in [1.165, 1.54) is 6.42 Å². The van der Waals surface area contributed by atoms with Crippen molar-refractivity contribution in [3.63, 3.8) is 0 Å². The normalized spacial score (nSPS) is 21.7. The lowest BCUT2D eigenvalue weighted by molar-refractivity contribution is -0.130. The lowest BCUT2D eigenvalue weighted by Crippen LogP contribution is -2.46. The van der Waals surface area contributed by atoms with Crippen LogP contribution in [0, 0.1) is 5.92 Å². The second-order valence-corrected chi connectivity index (χ2v) is 6.87. The minimum absolute atomic E-state index is 0.185. The predicted octanol–water partition coefficient (Wildman–Crippen LogP) is 2.99. The third-order valence-electron chi connectivity index (χ3n) is 4.69. The number of carbonyl (C=O) groups is 2. The second kappa shape index (κ2) is 8.18. The van der Waals surface area contributed by atoms with Crippen LogP contribution in [0.5, 0.6) is 0 Å². The number of ether oxygens (including phenoxy) is 1. The van der Waals surface area contributed by atoms with E-state index in [0.717, 1.165) is 24.9 Å². The molecule has 1 N–H and O–H groups in total. The molecule has 1 aliphatic carbocycles. The highest BCUT2D eigenvalue weighted by atomic mass is 16.5. The molecule has 1 saturated carbocycles. The van der Waals surface area contributed by atoms with Crippen LogP contribution in [0.2, 0.25) is 0 Å². The molecule has 0 spiro atoms. The van der Waals surface area contributed by atoms with Crippen molar-refractivity contribution in [2.45, 2.75) is 51.7 Å². The lowest BCUT2D eigenvalue weighted by atomic mass is 9.86. The molecular weight excluding hydrogens is 304 g/mol. The Balaban J connectivity index is 1.93. The first-order valence-electron chi connectivity index (χ1n) is 8.67. The Hall–Kier alpha value is -2.04.